The van der Waals surface area contributed by atoms with E-state index in [1.54, 1.807) is 26.3 Å². The zero-order valence-electron chi connectivity index (χ0n) is 13.4. The number of amides is 1. The van der Waals surface area contributed by atoms with Gasteiger partial charge in [0.05, 0.1) is 7.11 Å². The Bertz CT molecular complexity index is 525. The fraction of sp³-hybridized carbons (Fsp3) is 0.688. The van der Waals surface area contributed by atoms with Crippen LogP contribution in [0.25, 0.3) is 0 Å². The molecule has 0 radical (unpaired) electrons. The normalized spacial score (nSPS) is 19.1. The molecule has 3 rings (SSSR count). The van der Waals surface area contributed by atoms with E-state index in [9.17, 15) is 4.79 Å². The molecule has 120 valence electrons. The molecule has 6 nitrogen and oxygen atoms in total. The Morgan fingerprint density at radius 2 is 2.09 bits per heavy atom. The maximum absolute atomic E-state index is 11.9. The SMILES string of the molecule is COc1ccnc(N2CCC(N(CC3CC3)C(C)=O)CC2)n1. The molecule has 1 aromatic rings. The number of aromatic nitrogens is 2. The maximum atomic E-state index is 11.9. The number of hydrogen-bond acceptors (Lipinski definition) is 5. The van der Waals surface area contributed by atoms with Gasteiger partial charge < -0.3 is 14.5 Å². The minimum Gasteiger partial charge on any atom is -0.481 e. The number of carbonyl (C=O) groups is 1. The summed E-state index contributed by atoms with van der Waals surface area (Å²) < 4.78 is 5.16. The van der Waals surface area contributed by atoms with Crippen LogP contribution in [0.4, 0.5) is 5.95 Å². The number of piperidine rings is 1. The first kappa shape index (κ1) is 15.1. The lowest BCUT2D eigenvalue weighted by atomic mass is 10.0. The second-order valence-electron chi connectivity index (χ2n) is 6.23. The molecule has 2 aliphatic rings. The zero-order valence-corrected chi connectivity index (χ0v) is 13.4. The number of methoxy groups -OCH3 is 1. The van der Waals surface area contributed by atoms with Gasteiger partial charge in [0.25, 0.3) is 0 Å². The van der Waals surface area contributed by atoms with Gasteiger partial charge in [-0.05, 0) is 31.6 Å². The average molecular weight is 304 g/mol. The number of nitrogens with zero attached hydrogens (tertiary/aromatic N) is 4. The van der Waals surface area contributed by atoms with Crippen molar-refractivity contribution in [3.8, 4) is 5.88 Å². The van der Waals surface area contributed by atoms with E-state index in [0.717, 1.165) is 44.3 Å². The number of rotatable bonds is 5. The van der Waals surface area contributed by atoms with Crippen molar-refractivity contribution in [1.29, 1.82) is 0 Å². The average Bonchev–Trinajstić information content (AvgIpc) is 3.37. The van der Waals surface area contributed by atoms with Crippen LogP contribution in [-0.4, -0.2) is 53.6 Å². The molecule has 2 heterocycles. The molecule has 1 aromatic heterocycles. The van der Waals surface area contributed by atoms with Crippen LogP contribution in [0.5, 0.6) is 5.88 Å². The summed E-state index contributed by atoms with van der Waals surface area (Å²) in [6.45, 7) is 4.40. The minimum atomic E-state index is 0.211. The smallest absolute Gasteiger partial charge is 0.228 e. The molecule has 0 aromatic carbocycles. The summed E-state index contributed by atoms with van der Waals surface area (Å²) >= 11 is 0. The van der Waals surface area contributed by atoms with E-state index >= 15 is 0 Å². The van der Waals surface area contributed by atoms with E-state index in [-0.39, 0.29) is 5.91 Å². The van der Waals surface area contributed by atoms with E-state index < -0.39 is 0 Å². The predicted octanol–water partition coefficient (Wildman–Crippen LogP) is 1.71. The Balaban J connectivity index is 1.59. The van der Waals surface area contributed by atoms with E-state index in [2.05, 4.69) is 19.8 Å². The molecule has 0 N–H and O–H groups in total. The number of hydrogen-bond donors (Lipinski definition) is 0. The van der Waals surface area contributed by atoms with Gasteiger partial charge in [-0.3, -0.25) is 4.79 Å². The molecule has 6 heteroatoms. The summed E-state index contributed by atoms with van der Waals surface area (Å²) in [4.78, 5) is 24.9. The van der Waals surface area contributed by atoms with Gasteiger partial charge in [0.1, 0.15) is 0 Å². The third-order valence-electron chi connectivity index (χ3n) is 4.57. The van der Waals surface area contributed by atoms with Crippen LogP contribution in [0.1, 0.15) is 32.6 Å². The van der Waals surface area contributed by atoms with Gasteiger partial charge in [0, 0.05) is 44.9 Å². The first-order valence-electron chi connectivity index (χ1n) is 8.06. The molecule has 0 bridgehead atoms. The van der Waals surface area contributed by atoms with Gasteiger partial charge in [-0.25, -0.2) is 4.98 Å². The van der Waals surface area contributed by atoms with Crippen molar-refractivity contribution in [1.82, 2.24) is 14.9 Å². The molecule has 0 atom stereocenters. The summed E-state index contributed by atoms with van der Waals surface area (Å²) in [5.74, 6) is 2.26. The molecule has 1 aliphatic carbocycles. The molecular weight excluding hydrogens is 280 g/mol. The van der Waals surface area contributed by atoms with E-state index in [4.69, 9.17) is 4.74 Å². The summed E-state index contributed by atoms with van der Waals surface area (Å²) in [7, 11) is 1.61. The fourth-order valence-electron chi connectivity index (χ4n) is 3.09. The Hall–Kier alpha value is -1.85. The Morgan fingerprint density at radius 1 is 1.36 bits per heavy atom. The number of anilines is 1. The molecule has 2 fully saturated rings. The van der Waals surface area contributed by atoms with Gasteiger partial charge in [0.15, 0.2) is 0 Å². The Kier molecular flexibility index (Phi) is 4.45. The third kappa shape index (κ3) is 3.48. The molecule has 1 saturated carbocycles. The first-order valence-corrected chi connectivity index (χ1v) is 8.06. The molecule has 1 aliphatic heterocycles. The minimum absolute atomic E-state index is 0.211. The first-order chi connectivity index (χ1) is 10.7. The molecule has 1 amide bonds. The van der Waals surface area contributed by atoms with Crippen molar-refractivity contribution < 1.29 is 9.53 Å². The molecule has 22 heavy (non-hydrogen) atoms. The van der Waals surface area contributed by atoms with E-state index in [1.165, 1.54) is 12.8 Å². The summed E-state index contributed by atoms with van der Waals surface area (Å²) in [6.07, 6.45) is 6.24. The highest BCUT2D eigenvalue weighted by molar-refractivity contribution is 5.73. The molecule has 1 saturated heterocycles. The number of carbonyl (C=O) groups excluding carboxylic acids is 1. The Labute approximate surface area is 131 Å². The van der Waals surface area contributed by atoms with Crippen LogP contribution in [0, 0.1) is 5.92 Å². The van der Waals surface area contributed by atoms with E-state index in [1.807, 2.05) is 0 Å². The van der Waals surface area contributed by atoms with Crippen LogP contribution in [0.2, 0.25) is 0 Å². The highest BCUT2D eigenvalue weighted by Gasteiger charge is 2.32. The maximum Gasteiger partial charge on any atom is 0.228 e. The topological polar surface area (TPSA) is 58.6 Å². The molecular formula is C16H24N4O2. The monoisotopic (exact) mass is 304 g/mol. The van der Waals surface area contributed by atoms with Crippen LogP contribution >= 0.6 is 0 Å². The standard InChI is InChI=1S/C16H24N4O2/c1-12(21)20(11-13-3-4-13)14-6-9-19(10-7-14)16-17-8-5-15(18-16)22-2/h5,8,13-14H,3-4,6-7,9-11H2,1-2H3. The van der Waals surface area contributed by atoms with Crippen molar-refractivity contribution in [3.63, 3.8) is 0 Å². The highest BCUT2D eigenvalue weighted by atomic mass is 16.5. The van der Waals surface area contributed by atoms with Crippen molar-refractivity contribution in [2.45, 2.75) is 38.6 Å². The van der Waals surface area contributed by atoms with Crippen molar-refractivity contribution in [3.05, 3.63) is 12.3 Å². The van der Waals surface area contributed by atoms with Gasteiger partial charge in [-0.15, -0.1) is 0 Å². The van der Waals surface area contributed by atoms with E-state index in [0.29, 0.717) is 11.9 Å². The van der Waals surface area contributed by atoms with Crippen molar-refractivity contribution in [2.75, 3.05) is 31.6 Å². The quantitative estimate of drug-likeness (QED) is 0.829. The summed E-state index contributed by atoms with van der Waals surface area (Å²) in [5.41, 5.74) is 0. The third-order valence-corrected chi connectivity index (χ3v) is 4.57. The second-order valence-corrected chi connectivity index (χ2v) is 6.23. The van der Waals surface area contributed by atoms with Gasteiger partial charge in [0.2, 0.25) is 17.7 Å². The summed E-state index contributed by atoms with van der Waals surface area (Å²) in [6, 6.07) is 2.11. The zero-order chi connectivity index (χ0) is 15.5. The van der Waals surface area contributed by atoms with Gasteiger partial charge in [-0.2, -0.15) is 4.98 Å². The van der Waals surface area contributed by atoms with Crippen molar-refractivity contribution in [2.24, 2.45) is 5.92 Å². The van der Waals surface area contributed by atoms with Crippen LogP contribution in [0.3, 0.4) is 0 Å². The predicted molar refractivity (Wildman–Crippen MR) is 83.9 cm³/mol. The highest BCUT2D eigenvalue weighted by Crippen LogP contribution is 2.32. The largest absolute Gasteiger partial charge is 0.481 e. The lowest BCUT2D eigenvalue weighted by molar-refractivity contribution is -0.131. The second kappa shape index (κ2) is 6.50. The van der Waals surface area contributed by atoms with Crippen molar-refractivity contribution >= 4 is 11.9 Å². The van der Waals surface area contributed by atoms with Crippen LogP contribution < -0.4 is 9.64 Å². The van der Waals surface area contributed by atoms with Crippen LogP contribution in [0.15, 0.2) is 12.3 Å². The lowest BCUT2D eigenvalue weighted by Crippen LogP contribution is -2.47. The van der Waals surface area contributed by atoms with Crippen LogP contribution in [-0.2, 0) is 4.79 Å². The van der Waals surface area contributed by atoms with Gasteiger partial charge in [-0.1, -0.05) is 0 Å². The Morgan fingerprint density at radius 3 is 2.68 bits per heavy atom. The number of ether oxygens (including phenoxy) is 1. The lowest BCUT2D eigenvalue weighted by Gasteiger charge is -2.38. The van der Waals surface area contributed by atoms with Gasteiger partial charge >= 0.3 is 0 Å². The molecule has 0 spiro atoms. The summed E-state index contributed by atoms with van der Waals surface area (Å²) in [5, 5.41) is 0. The fourth-order valence-corrected chi connectivity index (χ4v) is 3.09. The molecule has 0 unspecified atom stereocenters.